The van der Waals surface area contributed by atoms with Crippen LogP contribution in [-0.2, 0) is 0 Å². The van der Waals surface area contributed by atoms with Gasteiger partial charge >= 0.3 is 0 Å². The van der Waals surface area contributed by atoms with Crippen LogP contribution in [0.5, 0.6) is 0 Å². The summed E-state index contributed by atoms with van der Waals surface area (Å²) in [4.78, 5) is 0. The number of rotatable bonds is 4. The van der Waals surface area contributed by atoms with Gasteiger partial charge in [-0.2, -0.15) is 0 Å². The Bertz CT molecular complexity index is 182. The molecule has 1 aliphatic carbocycles. The Morgan fingerprint density at radius 2 is 1.73 bits per heavy atom. The molecule has 5 unspecified atom stereocenters. The molecule has 0 aliphatic heterocycles. The number of hydrogen-bond donors (Lipinski definition) is 0. The lowest BCUT2D eigenvalue weighted by molar-refractivity contribution is 0.205. The van der Waals surface area contributed by atoms with Gasteiger partial charge in [-0.1, -0.05) is 54.4 Å². The van der Waals surface area contributed by atoms with Gasteiger partial charge in [0.15, 0.2) is 0 Å². The van der Waals surface area contributed by atoms with Gasteiger partial charge in [-0.05, 0) is 41.9 Å². The smallest absolute Gasteiger partial charge is 0.0337 e. The van der Waals surface area contributed by atoms with E-state index in [1.807, 2.05) is 0 Å². The first-order valence-corrected chi connectivity index (χ1v) is 6.99. The fourth-order valence-corrected chi connectivity index (χ4v) is 4.29. The summed E-state index contributed by atoms with van der Waals surface area (Å²) in [6.45, 7) is 14.6. The van der Waals surface area contributed by atoms with Crippen molar-refractivity contribution < 1.29 is 0 Å². The molecule has 0 amide bonds. The zero-order chi connectivity index (χ0) is 11.6. The normalized spacial score (nSPS) is 38.6. The van der Waals surface area contributed by atoms with Crippen molar-refractivity contribution in [2.24, 2.45) is 35.5 Å². The molecule has 0 heterocycles. The average molecular weight is 210 g/mol. The summed E-state index contributed by atoms with van der Waals surface area (Å²) in [5.41, 5.74) is 0. The van der Waals surface area contributed by atoms with E-state index in [-0.39, 0.29) is 0 Å². The third kappa shape index (κ3) is 2.77. The molecule has 0 aromatic rings. The van der Waals surface area contributed by atoms with E-state index in [1.165, 1.54) is 19.3 Å². The summed E-state index contributed by atoms with van der Waals surface area (Å²) in [7, 11) is 0. The molecule has 15 heavy (non-hydrogen) atoms. The van der Waals surface area contributed by atoms with Crippen LogP contribution in [0, 0.1) is 35.5 Å². The third-order valence-electron chi connectivity index (χ3n) is 4.83. The quantitative estimate of drug-likeness (QED) is 0.613. The van der Waals surface area contributed by atoms with Crippen molar-refractivity contribution in [2.45, 2.75) is 60.8 Å². The highest BCUT2D eigenvalue weighted by Gasteiger charge is 2.41. The minimum absolute atomic E-state index is 0.869. The van der Waals surface area contributed by atoms with E-state index in [0.717, 1.165) is 35.5 Å². The van der Waals surface area contributed by atoms with Gasteiger partial charge in [-0.15, -0.1) is 0 Å². The lowest BCUT2D eigenvalue weighted by Gasteiger charge is -2.28. The minimum atomic E-state index is 0.869. The molecular formula is C15H30. The SMILES string of the molecule is CCCC(C)C1CC(C)C(C(C)C)C1C. The Kier molecular flexibility index (Phi) is 4.67. The molecule has 5 atom stereocenters. The van der Waals surface area contributed by atoms with Crippen LogP contribution in [0.1, 0.15) is 60.8 Å². The zero-order valence-corrected chi connectivity index (χ0v) is 11.6. The highest BCUT2D eigenvalue weighted by molar-refractivity contribution is 4.90. The van der Waals surface area contributed by atoms with E-state index in [4.69, 9.17) is 0 Å². The maximum absolute atomic E-state index is 2.50. The molecule has 0 heteroatoms. The van der Waals surface area contributed by atoms with Gasteiger partial charge < -0.3 is 0 Å². The fourth-order valence-electron chi connectivity index (χ4n) is 4.29. The van der Waals surface area contributed by atoms with Crippen molar-refractivity contribution in [3.8, 4) is 0 Å². The Morgan fingerprint density at radius 1 is 1.13 bits per heavy atom. The molecule has 0 N–H and O–H groups in total. The second-order valence-corrected chi connectivity index (χ2v) is 6.32. The van der Waals surface area contributed by atoms with Crippen LogP contribution in [0.25, 0.3) is 0 Å². The van der Waals surface area contributed by atoms with E-state index in [0.29, 0.717) is 0 Å². The zero-order valence-electron chi connectivity index (χ0n) is 11.6. The average Bonchev–Trinajstić information content (AvgIpc) is 2.42. The first-order valence-electron chi connectivity index (χ1n) is 6.99. The fraction of sp³-hybridized carbons (Fsp3) is 1.00. The third-order valence-corrected chi connectivity index (χ3v) is 4.83. The van der Waals surface area contributed by atoms with Gasteiger partial charge in [-0.25, -0.2) is 0 Å². The molecule has 1 fully saturated rings. The van der Waals surface area contributed by atoms with Crippen molar-refractivity contribution in [1.82, 2.24) is 0 Å². The standard InChI is InChI=1S/C15H30/c1-7-8-11(4)14-9-12(5)15(10(2)3)13(14)6/h10-15H,7-9H2,1-6H3. The maximum Gasteiger partial charge on any atom is -0.0337 e. The van der Waals surface area contributed by atoms with Gasteiger partial charge in [0, 0.05) is 0 Å². The summed E-state index contributed by atoms with van der Waals surface area (Å²) in [6, 6.07) is 0. The van der Waals surface area contributed by atoms with E-state index in [2.05, 4.69) is 41.5 Å². The van der Waals surface area contributed by atoms with Crippen molar-refractivity contribution in [2.75, 3.05) is 0 Å². The van der Waals surface area contributed by atoms with Crippen molar-refractivity contribution in [3.05, 3.63) is 0 Å². The molecule has 1 aliphatic rings. The van der Waals surface area contributed by atoms with Gasteiger partial charge in [0.05, 0.1) is 0 Å². The molecule has 0 saturated heterocycles. The molecular weight excluding hydrogens is 180 g/mol. The highest BCUT2D eigenvalue weighted by atomic mass is 14.5. The van der Waals surface area contributed by atoms with Crippen molar-refractivity contribution in [3.63, 3.8) is 0 Å². The Morgan fingerprint density at radius 3 is 2.13 bits per heavy atom. The molecule has 0 aromatic carbocycles. The van der Waals surface area contributed by atoms with Crippen LogP contribution in [-0.4, -0.2) is 0 Å². The Labute approximate surface area is 96.8 Å². The predicted molar refractivity (Wildman–Crippen MR) is 68.8 cm³/mol. The summed E-state index contributed by atoms with van der Waals surface area (Å²) in [5, 5.41) is 0. The second kappa shape index (κ2) is 5.37. The van der Waals surface area contributed by atoms with E-state index in [9.17, 15) is 0 Å². The van der Waals surface area contributed by atoms with E-state index >= 15 is 0 Å². The summed E-state index contributed by atoms with van der Waals surface area (Å²) in [5.74, 6) is 5.66. The predicted octanol–water partition coefficient (Wildman–Crippen LogP) is 4.99. The molecule has 0 bridgehead atoms. The Balaban J connectivity index is 2.63. The molecule has 0 radical (unpaired) electrons. The van der Waals surface area contributed by atoms with Crippen LogP contribution in [0.4, 0.5) is 0 Å². The molecule has 0 aromatic heterocycles. The van der Waals surface area contributed by atoms with E-state index in [1.54, 1.807) is 0 Å². The molecule has 0 spiro atoms. The van der Waals surface area contributed by atoms with Crippen LogP contribution in [0.15, 0.2) is 0 Å². The topological polar surface area (TPSA) is 0 Å². The van der Waals surface area contributed by atoms with Gasteiger partial charge in [0.25, 0.3) is 0 Å². The van der Waals surface area contributed by atoms with Crippen molar-refractivity contribution >= 4 is 0 Å². The monoisotopic (exact) mass is 210 g/mol. The largest absolute Gasteiger partial charge is 0.0654 e. The van der Waals surface area contributed by atoms with Gasteiger partial charge in [0.1, 0.15) is 0 Å². The molecule has 0 nitrogen and oxygen atoms in total. The number of hydrogen-bond acceptors (Lipinski definition) is 0. The van der Waals surface area contributed by atoms with Crippen LogP contribution in [0.2, 0.25) is 0 Å². The Hall–Kier alpha value is 0. The van der Waals surface area contributed by atoms with Crippen LogP contribution >= 0.6 is 0 Å². The highest BCUT2D eigenvalue weighted by Crippen LogP contribution is 2.48. The lowest BCUT2D eigenvalue weighted by Crippen LogP contribution is -2.22. The second-order valence-electron chi connectivity index (χ2n) is 6.32. The lowest BCUT2D eigenvalue weighted by atomic mass is 9.77. The van der Waals surface area contributed by atoms with Crippen molar-refractivity contribution in [1.29, 1.82) is 0 Å². The van der Waals surface area contributed by atoms with Crippen LogP contribution < -0.4 is 0 Å². The molecule has 1 rings (SSSR count). The summed E-state index contributed by atoms with van der Waals surface area (Å²) >= 11 is 0. The minimum Gasteiger partial charge on any atom is -0.0654 e. The summed E-state index contributed by atoms with van der Waals surface area (Å²) in [6.07, 6.45) is 4.25. The van der Waals surface area contributed by atoms with Gasteiger partial charge in [-0.3, -0.25) is 0 Å². The summed E-state index contributed by atoms with van der Waals surface area (Å²) < 4.78 is 0. The first kappa shape index (κ1) is 13.1. The van der Waals surface area contributed by atoms with Gasteiger partial charge in [0.2, 0.25) is 0 Å². The molecule has 1 saturated carbocycles. The molecule has 90 valence electrons. The van der Waals surface area contributed by atoms with Crippen LogP contribution in [0.3, 0.4) is 0 Å². The first-order chi connectivity index (χ1) is 6.99. The maximum atomic E-state index is 2.50. The van der Waals surface area contributed by atoms with E-state index < -0.39 is 0 Å².